The standard InChI is InChI=1S/C13H26N2/c1-13(2,11-3-7-14-8-4-11)12-5-9-15-10-6-12/h11-12,14-15H,3-10H2,1-2H3. The van der Waals surface area contributed by atoms with Gasteiger partial charge < -0.3 is 10.6 Å². The smallest absolute Gasteiger partial charge is 0.00461 e. The summed E-state index contributed by atoms with van der Waals surface area (Å²) in [5, 5.41) is 6.95. The molecule has 2 fully saturated rings. The van der Waals surface area contributed by atoms with Gasteiger partial charge in [0.2, 0.25) is 0 Å². The third-order valence-corrected chi connectivity index (χ3v) is 4.78. The van der Waals surface area contributed by atoms with E-state index in [1.54, 1.807) is 0 Å². The van der Waals surface area contributed by atoms with Crippen molar-refractivity contribution in [2.24, 2.45) is 17.3 Å². The van der Waals surface area contributed by atoms with Gasteiger partial charge in [-0.05, 0) is 69.1 Å². The largest absolute Gasteiger partial charge is 0.317 e. The summed E-state index contributed by atoms with van der Waals surface area (Å²) in [5.41, 5.74) is 0.560. The Labute approximate surface area is 94.2 Å². The molecule has 2 heterocycles. The van der Waals surface area contributed by atoms with E-state index in [0.717, 1.165) is 11.8 Å². The number of piperidine rings is 2. The predicted octanol–water partition coefficient (Wildman–Crippen LogP) is 2.01. The van der Waals surface area contributed by atoms with Gasteiger partial charge in [-0.2, -0.15) is 0 Å². The molecule has 2 saturated heterocycles. The summed E-state index contributed by atoms with van der Waals surface area (Å²) in [6.45, 7) is 9.97. The van der Waals surface area contributed by atoms with Crippen LogP contribution >= 0.6 is 0 Å². The normalized spacial score (nSPS) is 26.8. The van der Waals surface area contributed by atoms with Crippen molar-refractivity contribution < 1.29 is 0 Å². The third kappa shape index (κ3) is 2.54. The van der Waals surface area contributed by atoms with Gasteiger partial charge in [-0.15, -0.1) is 0 Å². The van der Waals surface area contributed by atoms with Gasteiger partial charge in [0.25, 0.3) is 0 Å². The van der Waals surface area contributed by atoms with E-state index >= 15 is 0 Å². The molecule has 0 aromatic carbocycles. The molecule has 2 nitrogen and oxygen atoms in total. The van der Waals surface area contributed by atoms with Gasteiger partial charge in [0, 0.05) is 0 Å². The van der Waals surface area contributed by atoms with Crippen molar-refractivity contribution >= 4 is 0 Å². The van der Waals surface area contributed by atoms with Crippen molar-refractivity contribution in [2.45, 2.75) is 39.5 Å². The molecule has 0 unspecified atom stereocenters. The van der Waals surface area contributed by atoms with E-state index in [0.29, 0.717) is 5.41 Å². The van der Waals surface area contributed by atoms with E-state index in [2.05, 4.69) is 24.5 Å². The molecule has 0 spiro atoms. The fourth-order valence-electron chi connectivity index (χ4n) is 3.47. The summed E-state index contributed by atoms with van der Waals surface area (Å²) in [7, 11) is 0. The van der Waals surface area contributed by atoms with Crippen molar-refractivity contribution in [1.29, 1.82) is 0 Å². The van der Waals surface area contributed by atoms with E-state index in [1.807, 2.05) is 0 Å². The van der Waals surface area contributed by atoms with Crippen LogP contribution in [0.15, 0.2) is 0 Å². The zero-order valence-corrected chi connectivity index (χ0v) is 10.3. The highest BCUT2D eigenvalue weighted by Crippen LogP contribution is 2.43. The molecule has 0 aromatic heterocycles. The minimum Gasteiger partial charge on any atom is -0.317 e. The topological polar surface area (TPSA) is 24.1 Å². The Balaban J connectivity index is 1.96. The summed E-state index contributed by atoms with van der Waals surface area (Å²) < 4.78 is 0. The van der Waals surface area contributed by atoms with Crippen molar-refractivity contribution in [2.75, 3.05) is 26.2 Å². The van der Waals surface area contributed by atoms with E-state index in [1.165, 1.54) is 51.9 Å². The highest BCUT2D eigenvalue weighted by atomic mass is 14.9. The molecule has 2 N–H and O–H groups in total. The lowest BCUT2D eigenvalue weighted by atomic mass is 9.63. The Morgan fingerprint density at radius 3 is 1.40 bits per heavy atom. The van der Waals surface area contributed by atoms with E-state index in [-0.39, 0.29) is 0 Å². The van der Waals surface area contributed by atoms with Crippen molar-refractivity contribution in [3.05, 3.63) is 0 Å². The number of rotatable bonds is 2. The van der Waals surface area contributed by atoms with Crippen LogP contribution in [0.5, 0.6) is 0 Å². The van der Waals surface area contributed by atoms with Crippen molar-refractivity contribution in [3.63, 3.8) is 0 Å². The SMILES string of the molecule is CC(C)(C1CCNCC1)C1CCNCC1. The summed E-state index contributed by atoms with van der Waals surface area (Å²) in [5.74, 6) is 1.89. The Bertz CT molecular complexity index is 169. The Morgan fingerprint density at radius 1 is 0.733 bits per heavy atom. The Morgan fingerprint density at radius 2 is 1.07 bits per heavy atom. The van der Waals surface area contributed by atoms with Gasteiger partial charge >= 0.3 is 0 Å². The van der Waals surface area contributed by atoms with Gasteiger partial charge in [0.15, 0.2) is 0 Å². The molecule has 0 aliphatic carbocycles. The fraction of sp³-hybridized carbons (Fsp3) is 1.00. The fourth-order valence-corrected chi connectivity index (χ4v) is 3.47. The molecule has 2 aliphatic rings. The maximum atomic E-state index is 3.48. The molecule has 0 aromatic rings. The zero-order chi connectivity index (χ0) is 10.7. The Hall–Kier alpha value is -0.0800. The second kappa shape index (κ2) is 4.84. The molecule has 2 aliphatic heterocycles. The highest BCUT2D eigenvalue weighted by Gasteiger charge is 2.37. The first-order valence-electron chi connectivity index (χ1n) is 6.62. The minimum absolute atomic E-state index is 0.560. The molecule has 0 amide bonds. The van der Waals surface area contributed by atoms with E-state index < -0.39 is 0 Å². The maximum Gasteiger partial charge on any atom is -0.00461 e. The van der Waals surface area contributed by atoms with Gasteiger partial charge in [-0.1, -0.05) is 13.8 Å². The van der Waals surface area contributed by atoms with Crippen LogP contribution in [0.2, 0.25) is 0 Å². The lowest BCUT2D eigenvalue weighted by molar-refractivity contribution is 0.0672. The molecular weight excluding hydrogens is 184 g/mol. The first-order valence-corrected chi connectivity index (χ1v) is 6.62. The first kappa shape index (κ1) is 11.4. The molecule has 2 rings (SSSR count). The second-order valence-corrected chi connectivity index (χ2v) is 5.87. The maximum absolute atomic E-state index is 3.48. The van der Waals surface area contributed by atoms with Crippen LogP contribution in [0.1, 0.15) is 39.5 Å². The monoisotopic (exact) mass is 210 g/mol. The van der Waals surface area contributed by atoms with Gasteiger partial charge in [-0.25, -0.2) is 0 Å². The van der Waals surface area contributed by atoms with Crippen LogP contribution < -0.4 is 10.6 Å². The highest BCUT2D eigenvalue weighted by molar-refractivity contribution is 4.89. The van der Waals surface area contributed by atoms with Gasteiger partial charge in [0.1, 0.15) is 0 Å². The number of hydrogen-bond acceptors (Lipinski definition) is 2. The second-order valence-electron chi connectivity index (χ2n) is 5.87. The molecule has 15 heavy (non-hydrogen) atoms. The molecular formula is C13H26N2. The average molecular weight is 210 g/mol. The molecule has 0 radical (unpaired) electrons. The van der Waals surface area contributed by atoms with Gasteiger partial charge in [-0.3, -0.25) is 0 Å². The van der Waals surface area contributed by atoms with Crippen LogP contribution in [-0.2, 0) is 0 Å². The van der Waals surface area contributed by atoms with Crippen LogP contribution in [0.25, 0.3) is 0 Å². The lowest BCUT2D eigenvalue weighted by Gasteiger charge is -2.45. The summed E-state index contributed by atoms with van der Waals surface area (Å²) >= 11 is 0. The first-order chi connectivity index (χ1) is 7.21. The van der Waals surface area contributed by atoms with Crippen LogP contribution in [-0.4, -0.2) is 26.2 Å². The molecule has 2 heteroatoms. The zero-order valence-electron chi connectivity index (χ0n) is 10.3. The Kier molecular flexibility index (Phi) is 3.68. The van der Waals surface area contributed by atoms with Crippen LogP contribution in [0.3, 0.4) is 0 Å². The van der Waals surface area contributed by atoms with E-state index in [9.17, 15) is 0 Å². The predicted molar refractivity (Wildman–Crippen MR) is 65.0 cm³/mol. The minimum atomic E-state index is 0.560. The quantitative estimate of drug-likeness (QED) is 0.728. The molecule has 0 atom stereocenters. The molecule has 0 bridgehead atoms. The van der Waals surface area contributed by atoms with Crippen molar-refractivity contribution in [3.8, 4) is 0 Å². The summed E-state index contributed by atoms with van der Waals surface area (Å²) in [6.07, 6.45) is 5.54. The van der Waals surface area contributed by atoms with Gasteiger partial charge in [0.05, 0.1) is 0 Å². The van der Waals surface area contributed by atoms with E-state index in [4.69, 9.17) is 0 Å². The van der Waals surface area contributed by atoms with Crippen molar-refractivity contribution in [1.82, 2.24) is 10.6 Å². The third-order valence-electron chi connectivity index (χ3n) is 4.78. The number of hydrogen-bond donors (Lipinski definition) is 2. The molecule has 0 saturated carbocycles. The average Bonchev–Trinajstić information content (AvgIpc) is 2.31. The lowest BCUT2D eigenvalue weighted by Crippen LogP contribution is -2.43. The number of nitrogens with one attached hydrogen (secondary N) is 2. The summed E-state index contributed by atoms with van der Waals surface area (Å²) in [4.78, 5) is 0. The van der Waals surface area contributed by atoms with Crippen LogP contribution in [0, 0.1) is 17.3 Å². The molecule has 88 valence electrons. The van der Waals surface area contributed by atoms with Crippen LogP contribution in [0.4, 0.5) is 0 Å². The summed E-state index contributed by atoms with van der Waals surface area (Å²) in [6, 6.07) is 0.